The first-order chi connectivity index (χ1) is 11.2. The molecule has 0 bridgehead atoms. The summed E-state index contributed by atoms with van der Waals surface area (Å²) in [4.78, 5) is 16.8. The number of pyridine rings is 1. The Balaban J connectivity index is 1.20. The second-order valence-corrected chi connectivity index (χ2v) is 7.52. The molecule has 1 aromatic heterocycles. The van der Waals surface area contributed by atoms with Crippen molar-refractivity contribution in [1.82, 2.24) is 10.3 Å². The van der Waals surface area contributed by atoms with Gasteiger partial charge in [-0.3, -0.25) is 4.79 Å². The molecule has 2 heterocycles. The first kappa shape index (κ1) is 14.9. The highest BCUT2D eigenvalue weighted by molar-refractivity contribution is 5.82. The Labute approximate surface area is 137 Å². The highest BCUT2D eigenvalue weighted by Crippen LogP contribution is 2.64. The smallest absolute Gasteiger partial charge is 0.223 e. The van der Waals surface area contributed by atoms with Crippen molar-refractivity contribution >= 4 is 11.7 Å². The molecule has 1 aliphatic heterocycles. The molecular weight excluding hydrogens is 288 g/mol. The van der Waals surface area contributed by atoms with Crippen LogP contribution >= 0.6 is 0 Å². The first-order valence-electron chi connectivity index (χ1n) is 8.92. The number of carbonyl (C=O) groups excluding carboxylic acids is 1. The van der Waals surface area contributed by atoms with Gasteiger partial charge in [-0.15, -0.1) is 0 Å². The number of aryl methyl sites for hydroxylation is 2. The van der Waals surface area contributed by atoms with E-state index in [1.165, 1.54) is 12.0 Å². The lowest BCUT2D eigenvalue weighted by Gasteiger charge is -2.33. The van der Waals surface area contributed by atoms with Gasteiger partial charge in [0.05, 0.1) is 0 Å². The van der Waals surface area contributed by atoms with Crippen molar-refractivity contribution in [3.8, 4) is 0 Å². The minimum absolute atomic E-state index is 0.230. The molecule has 1 spiro atoms. The number of hydrogen-bond acceptors (Lipinski definition) is 4. The summed E-state index contributed by atoms with van der Waals surface area (Å²) in [7, 11) is 0. The fourth-order valence-electron chi connectivity index (χ4n) is 4.27. The van der Waals surface area contributed by atoms with Crippen molar-refractivity contribution in [1.29, 1.82) is 0 Å². The van der Waals surface area contributed by atoms with Crippen LogP contribution < -0.4 is 16.4 Å². The molecule has 1 unspecified atom stereocenters. The summed E-state index contributed by atoms with van der Waals surface area (Å²) < 4.78 is 0. The van der Waals surface area contributed by atoms with E-state index in [-0.39, 0.29) is 17.2 Å². The lowest BCUT2D eigenvalue weighted by atomic mass is 9.75. The van der Waals surface area contributed by atoms with Crippen LogP contribution in [0.25, 0.3) is 0 Å². The molecule has 4 N–H and O–H groups in total. The van der Waals surface area contributed by atoms with Gasteiger partial charge in [-0.2, -0.15) is 0 Å². The van der Waals surface area contributed by atoms with Crippen LogP contribution in [-0.4, -0.2) is 30.0 Å². The molecule has 0 saturated heterocycles. The van der Waals surface area contributed by atoms with Crippen LogP contribution in [-0.2, 0) is 17.6 Å². The van der Waals surface area contributed by atoms with Crippen molar-refractivity contribution in [2.75, 3.05) is 18.4 Å². The lowest BCUT2D eigenvalue weighted by Crippen LogP contribution is -2.41. The molecule has 124 valence electrons. The number of nitrogens with one attached hydrogen (secondary N) is 2. The third-order valence-electron chi connectivity index (χ3n) is 5.70. The number of anilines is 1. The van der Waals surface area contributed by atoms with E-state index >= 15 is 0 Å². The van der Waals surface area contributed by atoms with Gasteiger partial charge in [0.15, 0.2) is 0 Å². The maximum absolute atomic E-state index is 12.1. The van der Waals surface area contributed by atoms with Gasteiger partial charge in [-0.25, -0.2) is 4.98 Å². The van der Waals surface area contributed by atoms with Gasteiger partial charge >= 0.3 is 0 Å². The van der Waals surface area contributed by atoms with E-state index in [4.69, 9.17) is 10.7 Å². The molecule has 4 rings (SSSR count). The van der Waals surface area contributed by atoms with Crippen LogP contribution in [0, 0.1) is 11.3 Å². The van der Waals surface area contributed by atoms with Crippen LogP contribution in [0.2, 0.25) is 0 Å². The molecule has 5 heteroatoms. The highest BCUT2D eigenvalue weighted by Gasteiger charge is 2.63. The van der Waals surface area contributed by atoms with Crippen molar-refractivity contribution in [2.45, 2.75) is 51.0 Å². The van der Waals surface area contributed by atoms with E-state index in [1.807, 2.05) is 0 Å². The molecule has 3 aliphatic rings. The summed E-state index contributed by atoms with van der Waals surface area (Å²) >= 11 is 0. The second-order valence-electron chi connectivity index (χ2n) is 7.52. The normalized spacial score (nSPS) is 31.0. The molecule has 1 aromatic rings. The molecule has 1 amide bonds. The number of hydrogen-bond donors (Lipinski definition) is 3. The minimum Gasteiger partial charge on any atom is -0.370 e. The third-order valence-corrected chi connectivity index (χ3v) is 5.70. The largest absolute Gasteiger partial charge is 0.370 e. The summed E-state index contributed by atoms with van der Waals surface area (Å²) in [5.41, 5.74) is 8.57. The molecule has 1 atom stereocenters. The fourth-order valence-corrected chi connectivity index (χ4v) is 4.27. The Morgan fingerprint density at radius 2 is 2.26 bits per heavy atom. The quantitative estimate of drug-likeness (QED) is 0.722. The Morgan fingerprint density at radius 1 is 1.39 bits per heavy atom. The van der Waals surface area contributed by atoms with Crippen LogP contribution in [0.1, 0.15) is 43.4 Å². The number of carbonyl (C=O) groups is 1. The predicted octanol–water partition coefficient (Wildman–Crippen LogP) is 1.62. The van der Waals surface area contributed by atoms with Crippen LogP contribution in [0.5, 0.6) is 0 Å². The number of aromatic nitrogens is 1. The molecule has 5 nitrogen and oxygen atoms in total. The van der Waals surface area contributed by atoms with Gasteiger partial charge in [0, 0.05) is 30.7 Å². The standard InChI is InChI=1S/C18H26N4O/c19-13-9-18(10-13)11-15(18)17(23)21-8-2-4-14-6-5-12-3-1-7-20-16(12)22-14/h5-6,13,15H,1-4,7-11,19H2,(H,20,22)(H,21,23). The fraction of sp³-hybridized carbons (Fsp3) is 0.667. The molecule has 2 aliphatic carbocycles. The number of fused-ring (bicyclic) bond motifs is 1. The van der Waals surface area contributed by atoms with Crippen LogP contribution in [0.4, 0.5) is 5.82 Å². The number of nitrogens with zero attached hydrogens (tertiary/aromatic N) is 1. The minimum atomic E-state index is 0.230. The maximum atomic E-state index is 12.1. The monoisotopic (exact) mass is 314 g/mol. The van der Waals surface area contributed by atoms with Gasteiger partial charge < -0.3 is 16.4 Å². The molecule has 0 radical (unpaired) electrons. The SMILES string of the molecule is NC1CC2(C1)CC2C(=O)NCCCc1ccc2c(n1)NCCC2. The number of rotatable bonds is 5. The topological polar surface area (TPSA) is 80.0 Å². The number of nitrogens with two attached hydrogens (primary N) is 1. The average Bonchev–Trinajstić information content (AvgIpc) is 3.26. The van der Waals surface area contributed by atoms with Gasteiger partial charge in [-0.1, -0.05) is 6.07 Å². The van der Waals surface area contributed by atoms with E-state index in [2.05, 4.69) is 22.8 Å². The third kappa shape index (κ3) is 2.94. The van der Waals surface area contributed by atoms with Gasteiger partial charge in [0.2, 0.25) is 5.91 Å². The summed E-state index contributed by atoms with van der Waals surface area (Å²) in [6.45, 7) is 1.76. The summed E-state index contributed by atoms with van der Waals surface area (Å²) in [6.07, 6.45) is 7.29. The zero-order valence-corrected chi connectivity index (χ0v) is 13.6. The molecule has 2 saturated carbocycles. The van der Waals surface area contributed by atoms with Crippen LogP contribution in [0.15, 0.2) is 12.1 Å². The second kappa shape index (κ2) is 5.78. The number of amides is 1. The zero-order chi connectivity index (χ0) is 15.9. The van der Waals surface area contributed by atoms with Crippen molar-refractivity contribution in [3.05, 3.63) is 23.4 Å². The first-order valence-corrected chi connectivity index (χ1v) is 8.92. The molecule has 2 fully saturated rings. The van der Waals surface area contributed by atoms with E-state index < -0.39 is 0 Å². The van der Waals surface area contributed by atoms with Gasteiger partial charge in [0.25, 0.3) is 0 Å². The van der Waals surface area contributed by atoms with Gasteiger partial charge in [0.1, 0.15) is 5.82 Å². The van der Waals surface area contributed by atoms with Gasteiger partial charge in [-0.05, 0) is 62.0 Å². The Kier molecular flexibility index (Phi) is 3.76. The average molecular weight is 314 g/mol. The van der Waals surface area contributed by atoms with Crippen molar-refractivity contribution in [2.24, 2.45) is 17.1 Å². The maximum Gasteiger partial charge on any atom is 0.223 e. The van der Waals surface area contributed by atoms with E-state index in [1.54, 1.807) is 0 Å². The van der Waals surface area contributed by atoms with Crippen molar-refractivity contribution in [3.63, 3.8) is 0 Å². The van der Waals surface area contributed by atoms with Crippen molar-refractivity contribution < 1.29 is 4.79 Å². The molecular formula is C18H26N4O. The lowest BCUT2D eigenvalue weighted by molar-refractivity contribution is -0.123. The molecule has 23 heavy (non-hydrogen) atoms. The Bertz CT molecular complexity index is 609. The zero-order valence-electron chi connectivity index (χ0n) is 13.6. The Hall–Kier alpha value is -1.62. The molecule has 0 aromatic carbocycles. The Morgan fingerprint density at radius 3 is 3.09 bits per heavy atom. The summed E-state index contributed by atoms with van der Waals surface area (Å²) in [6, 6.07) is 4.65. The summed E-state index contributed by atoms with van der Waals surface area (Å²) in [5.74, 6) is 1.52. The predicted molar refractivity (Wildman–Crippen MR) is 90.1 cm³/mol. The highest BCUT2D eigenvalue weighted by atomic mass is 16.2. The van der Waals surface area contributed by atoms with Crippen LogP contribution in [0.3, 0.4) is 0 Å². The van der Waals surface area contributed by atoms with E-state index in [0.717, 1.165) is 63.1 Å². The van der Waals surface area contributed by atoms with E-state index in [9.17, 15) is 4.79 Å². The van der Waals surface area contributed by atoms with E-state index in [0.29, 0.717) is 6.04 Å². The summed E-state index contributed by atoms with van der Waals surface area (Å²) in [5, 5.41) is 6.46.